The topological polar surface area (TPSA) is 46.0 Å². The number of nitrogens with zero attached hydrogens (tertiary/aromatic N) is 2. The molecule has 0 aliphatic heterocycles. The Balaban J connectivity index is 1.52. The summed E-state index contributed by atoms with van der Waals surface area (Å²) >= 11 is 0. The molecule has 3 heteroatoms. The van der Waals surface area contributed by atoms with E-state index < -0.39 is 0 Å². The zero-order chi connectivity index (χ0) is 18.8. The van der Waals surface area contributed by atoms with Crippen LogP contribution in [0.3, 0.4) is 0 Å². The number of allylic oxidation sites excluding steroid dienone is 3. The van der Waals surface area contributed by atoms with Gasteiger partial charge in [-0.05, 0) is 84.7 Å². The van der Waals surface area contributed by atoms with Crippen molar-refractivity contribution in [3.05, 3.63) is 42.0 Å². The molecule has 1 N–H and O–H groups in total. The van der Waals surface area contributed by atoms with E-state index >= 15 is 0 Å². The third kappa shape index (κ3) is 2.43. The summed E-state index contributed by atoms with van der Waals surface area (Å²) in [6, 6.07) is 2.08. The number of aromatic nitrogens is 2. The highest BCUT2D eigenvalue weighted by Crippen LogP contribution is 2.67. The van der Waals surface area contributed by atoms with Crippen LogP contribution in [0.25, 0.3) is 5.57 Å². The summed E-state index contributed by atoms with van der Waals surface area (Å²) in [6.45, 7) is 7.43. The van der Waals surface area contributed by atoms with Crippen LogP contribution in [0.5, 0.6) is 0 Å². The number of hydrogen-bond donors (Lipinski definition) is 1. The monoisotopic (exact) mass is 364 g/mol. The van der Waals surface area contributed by atoms with Gasteiger partial charge in [-0.3, -0.25) is 0 Å². The van der Waals surface area contributed by atoms with Gasteiger partial charge in [0.05, 0.1) is 11.8 Å². The molecule has 1 aromatic heterocycles. The first-order valence-corrected chi connectivity index (χ1v) is 10.8. The van der Waals surface area contributed by atoms with Crippen molar-refractivity contribution in [3.8, 4) is 0 Å². The number of hydrogen-bond acceptors (Lipinski definition) is 3. The molecule has 4 aliphatic carbocycles. The highest BCUT2D eigenvalue weighted by atomic mass is 16.3. The van der Waals surface area contributed by atoms with Crippen LogP contribution in [0.2, 0.25) is 0 Å². The van der Waals surface area contributed by atoms with Crippen molar-refractivity contribution >= 4 is 5.57 Å². The Bertz CT molecular complexity index is 800. The van der Waals surface area contributed by atoms with Crippen molar-refractivity contribution in [2.45, 2.75) is 65.4 Å². The SMILES string of the molecule is C[C@H]1C=C2C[C@@H](O)CC[C@]2(C)[C@H]2CC[C@]3(C)C(c4ccncn4)=CC[C@H]3[C@H]12. The summed E-state index contributed by atoms with van der Waals surface area (Å²) < 4.78 is 0. The molecule has 2 saturated carbocycles. The van der Waals surface area contributed by atoms with Crippen molar-refractivity contribution < 1.29 is 5.11 Å². The molecule has 1 aromatic rings. The van der Waals surface area contributed by atoms with Gasteiger partial charge in [0.25, 0.3) is 0 Å². The minimum absolute atomic E-state index is 0.126. The van der Waals surface area contributed by atoms with Crippen molar-refractivity contribution in [1.29, 1.82) is 0 Å². The Morgan fingerprint density at radius 1 is 1.11 bits per heavy atom. The van der Waals surface area contributed by atoms with Crippen LogP contribution >= 0.6 is 0 Å². The van der Waals surface area contributed by atoms with Crippen molar-refractivity contribution in [2.24, 2.45) is 34.5 Å². The van der Waals surface area contributed by atoms with Crippen LogP contribution in [-0.4, -0.2) is 21.2 Å². The molecule has 5 rings (SSSR count). The predicted molar refractivity (Wildman–Crippen MR) is 108 cm³/mol. The van der Waals surface area contributed by atoms with E-state index in [4.69, 9.17) is 0 Å². The zero-order valence-corrected chi connectivity index (χ0v) is 16.9. The van der Waals surface area contributed by atoms with E-state index in [0.29, 0.717) is 17.3 Å². The van der Waals surface area contributed by atoms with Crippen LogP contribution in [-0.2, 0) is 0 Å². The fourth-order valence-electron chi connectivity index (χ4n) is 7.42. The Kier molecular flexibility index (Phi) is 3.92. The normalized spacial score (nSPS) is 46.0. The second kappa shape index (κ2) is 6.01. The quantitative estimate of drug-likeness (QED) is 0.710. The molecule has 0 spiro atoms. The first-order chi connectivity index (χ1) is 12.9. The maximum Gasteiger partial charge on any atom is 0.116 e. The van der Waals surface area contributed by atoms with Crippen molar-refractivity contribution in [3.63, 3.8) is 0 Å². The van der Waals surface area contributed by atoms with Gasteiger partial charge in [-0.2, -0.15) is 0 Å². The lowest BCUT2D eigenvalue weighted by molar-refractivity contribution is -0.0426. The van der Waals surface area contributed by atoms with Crippen molar-refractivity contribution in [1.82, 2.24) is 9.97 Å². The number of fused-ring (bicyclic) bond motifs is 5. The third-order valence-corrected chi connectivity index (χ3v) is 8.85. The Morgan fingerprint density at radius 2 is 1.93 bits per heavy atom. The Labute approximate surface area is 163 Å². The van der Waals surface area contributed by atoms with E-state index in [1.807, 2.05) is 6.20 Å². The summed E-state index contributed by atoms with van der Waals surface area (Å²) in [5.74, 6) is 2.81. The number of rotatable bonds is 1. The summed E-state index contributed by atoms with van der Waals surface area (Å²) in [6.07, 6.45) is 15.2. The average molecular weight is 365 g/mol. The largest absolute Gasteiger partial charge is 0.393 e. The molecule has 0 aromatic carbocycles. The summed E-state index contributed by atoms with van der Waals surface area (Å²) in [4.78, 5) is 8.70. The number of aliphatic hydroxyl groups is 1. The lowest BCUT2D eigenvalue weighted by Crippen LogP contribution is -2.52. The molecule has 0 bridgehead atoms. The first-order valence-electron chi connectivity index (χ1n) is 10.8. The summed E-state index contributed by atoms with van der Waals surface area (Å²) in [7, 11) is 0. The summed E-state index contributed by atoms with van der Waals surface area (Å²) in [5.41, 5.74) is 4.68. The average Bonchev–Trinajstić information content (AvgIpc) is 3.01. The van der Waals surface area contributed by atoms with E-state index in [-0.39, 0.29) is 11.5 Å². The van der Waals surface area contributed by atoms with Gasteiger partial charge >= 0.3 is 0 Å². The van der Waals surface area contributed by atoms with Crippen molar-refractivity contribution in [2.75, 3.05) is 0 Å². The van der Waals surface area contributed by atoms with Gasteiger partial charge in [0.15, 0.2) is 0 Å². The van der Waals surface area contributed by atoms with Gasteiger partial charge in [0, 0.05) is 6.20 Å². The molecule has 0 unspecified atom stereocenters. The minimum Gasteiger partial charge on any atom is -0.393 e. The van der Waals surface area contributed by atoms with Crippen LogP contribution in [0, 0.1) is 34.5 Å². The Morgan fingerprint density at radius 3 is 2.70 bits per heavy atom. The van der Waals surface area contributed by atoms with Gasteiger partial charge in [0.2, 0.25) is 0 Å². The number of aliphatic hydroxyl groups excluding tert-OH is 1. The van der Waals surface area contributed by atoms with E-state index in [9.17, 15) is 5.11 Å². The third-order valence-electron chi connectivity index (χ3n) is 8.85. The predicted octanol–water partition coefficient (Wildman–Crippen LogP) is 5.04. The molecule has 0 saturated heterocycles. The molecule has 3 nitrogen and oxygen atoms in total. The molecule has 4 aliphatic rings. The van der Waals surface area contributed by atoms with Gasteiger partial charge in [-0.25, -0.2) is 9.97 Å². The zero-order valence-electron chi connectivity index (χ0n) is 16.9. The minimum atomic E-state index is -0.126. The standard InChI is InChI=1S/C24H32N2O/c1-15-12-16-13-17(27)6-9-23(16,2)20-7-10-24(3)18(4-5-19(24)22(15)20)21-8-11-25-14-26-21/h4,8,11-12,14-15,17,19-20,22,27H,5-7,9-10,13H2,1-3H3/t15-,17-,19-,20-,22-,23-,24+/m0/s1. The molecular formula is C24H32N2O. The second-order valence-corrected chi connectivity index (χ2v) is 10.1. The summed E-state index contributed by atoms with van der Waals surface area (Å²) in [5, 5.41) is 10.2. The fraction of sp³-hybridized carbons (Fsp3) is 0.667. The van der Waals surface area contributed by atoms with Gasteiger partial charge in [-0.1, -0.05) is 38.5 Å². The fourth-order valence-corrected chi connectivity index (χ4v) is 7.42. The molecule has 7 atom stereocenters. The first kappa shape index (κ1) is 17.6. The molecular weight excluding hydrogens is 332 g/mol. The molecule has 27 heavy (non-hydrogen) atoms. The van der Waals surface area contributed by atoms with Crippen LogP contribution in [0.1, 0.15) is 65.0 Å². The maximum atomic E-state index is 10.2. The molecule has 0 radical (unpaired) electrons. The molecule has 2 fully saturated rings. The van der Waals surface area contributed by atoms with E-state index in [0.717, 1.165) is 36.8 Å². The Hall–Kier alpha value is -1.48. The smallest absolute Gasteiger partial charge is 0.116 e. The van der Waals surface area contributed by atoms with Crippen LogP contribution in [0.4, 0.5) is 0 Å². The highest BCUT2D eigenvalue weighted by Gasteiger charge is 2.58. The van der Waals surface area contributed by atoms with Gasteiger partial charge in [0.1, 0.15) is 6.33 Å². The maximum absolute atomic E-state index is 10.2. The highest BCUT2D eigenvalue weighted by molar-refractivity contribution is 5.70. The molecule has 0 amide bonds. The second-order valence-electron chi connectivity index (χ2n) is 10.1. The van der Waals surface area contributed by atoms with Crippen LogP contribution < -0.4 is 0 Å². The lowest BCUT2D eigenvalue weighted by atomic mass is 9.45. The van der Waals surface area contributed by atoms with Crippen LogP contribution in [0.15, 0.2) is 36.3 Å². The van der Waals surface area contributed by atoms with Gasteiger partial charge < -0.3 is 5.11 Å². The molecule has 144 valence electrons. The van der Waals surface area contributed by atoms with Gasteiger partial charge in [-0.15, -0.1) is 0 Å². The van der Waals surface area contributed by atoms with E-state index in [1.165, 1.54) is 24.8 Å². The molecule has 1 heterocycles. The van der Waals surface area contributed by atoms with E-state index in [2.05, 4.69) is 49.0 Å². The van der Waals surface area contributed by atoms with E-state index in [1.54, 1.807) is 11.9 Å². The lowest BCUT2D eigenvalue weighted by Gasteiger charge is -2.59.